The molecule has 38 heavy (non-hydrogen) atoms. The summed E-state index contributed by atoms with van der Waals surface area (Å²) in [6.07, 6.45) is 17.2. The molecule has 0 amide bonds. The third-order valence-corrected chi connectivity index (χ3v) is 12.8. The van der Waals surface area contributed by atoms with Crippen LogP contribution in [0.5, 0.6) is 0 Å². The molecule has 0 aliphatic heterocycles. The Labute approximate surface area is 232 Å². The molecule has 0 fully saturated rings. The van der Waals surface area contributed by atoms with E-state index in [2.05, 4.69) is 91.0 Å². The van der Waals surface area contributed by atoms with E-state index in [4.69, 9.17) is 4.74 Å². The van der Waals surface area contributed by atoms with Gasteiger partial charge in [0.25, 0.3) is 0 Å². The zero-order valence-electron chi connectivity index (χ0n) is 23.6. The van der Waals surface area contributed by atoms with E-state index in [9.17, 15) is 4.79 Å². The van der Waals surface area contributed by atoms with Gasteiger partial charge in [-0.3, -0.25) is 4.79 Å². The van der Waals surface area contributed by atoms with Crippen LogP contribution in [0.1, 0.15) is 90.4 Å². The molecule has 0 aliphatic carbocycles. The molecule has 0 aromatic heterocycles. The predicted molar refractivity (Wildman–Crippen MR) is 168 cm³/mol. The van der Waals surface area contributed by atoms with E-state index in [-0.39, 0.29) is 5.97 Å². The summed E-state index contributed by atoms with van der Waals surface area (Å²) in [6, 6.07) is 33.9. The number of benzene rings is 3. The minimum absolute atomic E-state index is 0.0410. The molecule has 0 saturated carbocycles. The van der Waals surface area contributed by atoms with E-state index >= 15 is 0 Å². The number of carbonyl (C=O) groups excluding carboxylic acids is 1. The van der Waals surface area contributed by atoms with Crippen molar-refractivity contribution in [2.75, 3.05) is 12.8 Å². The van der Waals surface area contributed by atoms with Crippen LogP contribution in [0.15, 0.2) is 91.0 Å². The summed E-state index contributed by atoms with van der Waals surface area (Å²) in [6.45, 7) is 2.37. The molecule has 0 N–H and O–H groups in total. The molecular weight excluding hydrogens is 483 g/mol. The molecular formula is C35H49O2P. The fourth-order valence-electron chi connectivity index (χ4n) is 5.76. The van der Waals surface area contributed by atoms with E-state index in [1.165, 1.54) is 86.3 Å². The normalized spacial score (nSPS) is 11.8. The molecule has 0 spiro atoms. The molecule has 3 aromatic carbocycles. The summed E-state index contributed by atoms with van der Waals surface area (Å²) in [7, 11) is -2.06. The first-order valence-corrected chi connectivity index (χ1v) is 17.3. The quantitative estimate of drug-likeness (QED) is 0.0881. The van der Waals surface area contributed by atoms with Crippen LogP contribution < -0.4 is 15.9 Å². The molecule has 0 aliphatic rings. The van der Waals surface area contributed by atoms with Crippen molar-refractivity contribution >= 4 is 29.1 Å². The summed E-state index contributed by atoms with van der Waals surface area (Å²) in [5, 5.41) is 4.58. The fourth-order valence-corrected chi connectivity index (χ4v) is 10.7. The maximum absolute atomic E-state index is 11.4. The molecule has 3 heteroatoms. The second kappa shape index (κ2) is 18.0. The summed E-state index contributed by atoms with van der Waals surface area (Å²) in [5.41, 5.74) is 0. The van der Waals surface area contributed by atoms with Gasteiger partial charge in [0.05, 0.1) is 6.61 Å². The van der Waals surface area contributed by atoms with Crippen molar-refractivity contribution in [3.63, 3.8) is 0 Å². The van der Waals surface area contributed by atoms with Crippen LogP contribution in [0.3, 0.4) is 0 Å². The number of hydrogen-bond donors (Lipinski definition) is 0. The number of hydrogen-bond acceptors (Lipinski definition) is 2. The average Bonchev–Trinajstić information content (AvgIpc) is 2.97. The number of esters is 1. The first-order valence-electron chi connectivity index (χ1n) is 15.1. The Hall–Kier alpha value is -2.44. The molecule has 0 saturated heterocycles. The predicted octanol–water partition coefficient (Wildman–Crippen LogP) is 8.35. The first kappa shape index (κ1) is 30.1. The van der Waals surface area contributed by atoms with E-state index in [0.717, 1.165) is 12.8 Å². The summed E-state index contributed by atoms with van der Waals surface area (Å²) in [5.74, 6) is -0.0410. The average molecular weight is 533 g/mol. The van der Waals surface area contributed by atoms with Gasteiger partial charge in [-0.1, -0.05) is 0 Å². The van der Waals surface area contributed by atoms with Crippen LogP contribution in [0, 0.1) is 0 Å². The van der Waals surface area contributed by atoms with Gasteiger partial charge in [-0.05, 0) is 13.3 Å². The molecule has 0 radical (unpaired) electrons. The van der Waals surface area contributed by atoms with E-state index in [0.29, 0.717) is 13.0 Å². The van der Waals surface area contributed by atoms with E-state index < -0.39 is 7.26 Å². The summed E-state index contributed by atoms with van der Waals surface area (Å²) < 4.78 is 4.99. The molecule has 0 atom stereocenters. The topological polar surface area (TPSA) is 26.3 Å². The Kier molecular flexibility index (Phi) is 14.2. The van der Waals surface area contributed by atoms with Gasteiger partial charge in [-0.25, -0.2) is 0 Å². The Morgan fingerprint density at radius 1 is 0.526 bits per heavy atom. The van der Waals surface area contributed by atoms with Gasteiger partial charge >= 0.3 is 197 Å². The molecule has 0 bridgehead atoms. The van der Waals surface area contributed by atoms with Gasteiger partial charge in [-0.15, -0.1) is 0 Å². The number of carbonyl (C=O) groups is 1. The van der Waals surface area contributed by atoms with Gasteiger partial charge in [0.1, 0.15) is 0 Å². The fraction of sp³-hybridized carbons (Fsp3) is 0.457. The molecule has 3 aromatic rings. The Bertz CT molecular complexity index is 907. The zero-order valence-corrected chi connectivity index (χ0v) is 24.6. The van der Waals surface area contributed by atoms with Crippen molar-refractivity contribution in [1.29, 1.82) is 0 Å². The van der Waals surface area contributed by atoms with Crippen molar-refractivity contribution in [2.24, 2.45) is 0 Å². The Morgan fingerprint density at radius 3 is 1.24 bits per heavy atom. The van der Waals surface area contributed by atoms with Crippen molar-refractivity contribution in [1.82, 2.24) is 0 Å². The monoisotopic (exact) mass is 532 g/mol. The second-order valence-electron chi connectivity index (χ2n) is 10.6. The summed E-state index contributed by atoms with van der Waals surface area (Å²) in [4.78, 5) is 11.4. The summed E-state index contributed by atoms with van der Waals surface area (Å²) >= 11 is 0. The van der Waals surface area contributed by atoms with Crippen molar-refractivity contribution in [3.05, 3.63) is 91.0 Å². The Balaban J connectivity index is 1.40. The van der Waals surface area contributed by atoms with Crippen molar-refractivity contribution in [3.8, 4) is 0 Å². The maximum atomic E-state index is 11.4. The minimum atomic E-state index is -2.06. The zero-order chi connectivity index (χ0) is 26.7. The standard InChI is InChI=1S/C35H49O2P/c1-2-37-35(36)30-22-11-9-7-5-3-4-6-8-10-12-23-31-38(32-24-16-13-17-25-32,33-26-18-14-19-27-33)34-28-20-15-21-29-34/h13-21,24-29,38H,2-12,22-23,30-31H2,1H3. The number of unbranched alkanes of at least 4 members (excludes halogenated alkanes) is 11. The van der Waals surface area contributed by atoms with E-state index in [1.54, 1.807) is 0 Å². The van der Waals surface area contributed by atoms with Gasteiger partial charge in [-0.2, -0.15) is 0 Å². The van der Waals surface area contributed by atoms with Gasteiger partial charge in [0.15, 0.2) is 0 Å². The molecule has 206 valence electrons. The second-order valence-corrected chi connectivity index (χ2v) is 14.6. The third kappa shape index (κ3) is 9.70. The third-order valence-electron chi connectivity index (χ3n) is 7.79. The van der Waals surface area contributed by atoms with Gasteiger partial charge < -0.3 is 4.74 Å². The van der Waals surface area contributed by atoms with E-state index in [1.807, 2.05) is 6.92 Å². The van der Waals surface area contributed by atoms with Crippen LogP contribution in [-0.4, -0.2) is 18.7 Å². The van der Waals surface area contributed by atoms with Gasteiger partial charge in [0.2, 0.25) is 0 Å². The number of ether oxygens (including phenoxy) is 1. The van der Waals surface area contributed by atoms with Crippen LogP contribution in [0.25, 0.3) is 0 Å². The molecule has 0 heterocycles. The molecule has 0 unspecified atom stereocenters. The molecule has 2 nitrogen and oxygen atoms in total. The van der Waals surface area contributed by atoms with Crippen LogP contribution >= 0.6 is 7.26 Å². The van der Waals surface area contributed by atoms with Crippen LogP contribution in [0.4, 0.5) is 0 Å². The molecule has 3 rings (SSSR count). The van der Waals surface area contributed by atoms with Crippen LogP contribution in [-0.2, 0) is 9.53 Å². The first-order chi connectivity index (χ1) is 18.8. The number of rotatable bonds is 19. The van der Waals surface area contributed by atoms with Crippen molar-refractivity contribution in [2.45, 2.75) is 90.4 Å². The van der Waals surface area contributed by atoms with Gasteiger partial charge in [0, 0.05) is 6.42 Å². The van der Waals surface area contributed by atoms with Crippen LogP contribution in [0.2, 0.25) is 0 Å². The van der Waals surface area contributed by atoms with Crippen molar-refractivity contribution < 1.29 is 9.53 Å². The SMILES string of the molecule is CCOC(=O)CCCCCCCCCCCCCC[PH](c1ccccc1)(c1ccccc1)c1ccccc1. The Morgan fingerprint density at radius 2 is 0.868 bits per heavy atom.